The van der Waals surface area contributed by atoms with Gasteiger partial charge < -0.3 is 15.0 Å². The van der Waals surface area contributed by atoms with Crippen LogP contribution in [0.15, 0.2) is 78.9 Å². The molecule has 3 aromatic rings. The maximum atomic E-state index is 14.2. The summed E-state index contributed by atoms with van der Waals surface area (Å²) in [7, 11) is -2.34. The lowest BCUT2D eigenvalue weighted by molar-refractivity contribution is -0.140. The summed E-state index contributed by atoms with van der Waals surface area (Å²) < 4.78 is 32.3. The number of rotatable bonds is 12. The first kappa shape index (κ1) is 31.4. The molecule has 1 atom stereocenters. The monoisotopic (exact) mass is 611 g/mol. The van der Waals surface area contributed by atoms with Gasteiger partial charge in [-0.05, 0) is 48.2 Å². The predicted octanol–water partition coefficient (Wildman–Crippen LogP) is 5.20. The van der Waals surface area contributed by atoms with E-state index in [-0.39, 0.29) is 35.6 Å². The Labute approximate surface area is 253 Å². The molecule has 0 bridgehead atoms. The van der Waals surface area contributed by atoms with Crippen molar-refractivity contribution >= 4 is 39.1 Å². The Balaban J connectivity index is 1.74. The summed E-state index contributed by atoms with van der Waals surface area (Å²) in [6.45, 7) is -0.444. The van der Waals surface area contributed by atoms with E-state index in [1.165, 1.54) is 4.90 Å². The Kier molecular flexibility index (Phi) is 10.9. The highest BCUT2D eigenvalue weighted by Gasteiger charge is 2.34. The summed E-state index contributed by atoms with van der Waals surface area (Å²) in [5, 5.41) is 3.40. The van der Waals surface area contributed by atoms with Gasteiger partial charge in [-0.15, -0.1) is 0 Å². The van der Waals surface area contributed by atoms with Crippen LogP contribution in [0, 0.1) is 0 Å². The molecule has 0 aromatic heterocycles. The van der Waals surface area contributed by atoms with E-state index >= 15 is 0 Å². The number of carbonyl (C=O) groups is 2. The fraction of sp³-hybridized carbons (Fsp3) is 0.375. The van der Waals surface area contributed by atoms with Crippen LogP contribution in [-0.4, -0.2) is 57.1 Å². The molecule has 224 valence electrons. The molecule has 0 aliphatic heterocycles. The van der Waals surface area contributed by atoms with Crippen molar-refractivity contribution < 1.29 is 22.7 Å². The summed E-state index contributed by atoms with van der Waals surface area (Å²) in [6, 6.07) is 22.4. The third-order valence-electron chi connectivity index (χ3n) is 7.51. The quantitative estimate of drug-likeness (QED) is 0.304. The number of amides is 2. The molecule has 1 fully saturated rings. The van der Waals surface area contributed by atoms with Gasteiger partial charge in [-0.3, -0.25) is 13.9 Å². The Morgan fingerprint density at radius 1 is 0.952 bits per heavy atom. The highest BCUT2D eigenvalue weighted by atomic mass is 35.5. The van der Waals surface area contributed by atoms with Crippen LogP contribution in [0.25, 0.3) is 0 Å². The largest absolute Gasteiger partial charge is 0.497 e. The number of sulfonamides is 1. The molecule has 10 heteroatoms. The van der Waals surface area contributed by atoms with E-state index < -0.39 is 28.5 Å². The van der Waals surface area contributed by atoms with E-state index in [1.54, 1.807) is 43.5 Å². The molecule has 3 aromatic carbocycles. The van der Waals surface area contributed by atoms with E-state index in [4.69, 9.17) is 16.3 Å². The van der Waals surface area contributed by atoms with Crippen molar-refractivity contribution in [1.82, 2.24) is 10.2 Å². The van der Waals surface area contributed by atoms with Gasteiger partial charge in [-0.25, -0.2) is 8.42 Å². The number of ether oxygens (including phenoxy) is 1. The zero-order valence-corrected chi connectivity index (χ0v) is 25.6. The van der Waals surface area contributed by atoms with E-state index in [9.17, 15) is 18.0 Å². The highest BCUT2D eigenvalue weighted by molar-refractivity contribution is 7.92. The number of nitrogens with one attached hydrogen (secondary N) is 1. The standard InChI is InChI=1S/C32H38ClN3O5S/c1-41-27-17-11-14-25(20-27)22-35(31(37)23-36(42(2,39)40)29-19-10-9-18-28(29)33)30(21-24-12-5-3-6-13-24)32(38)34-26-15-7-4-8-16-26/h3,5-6,9-14,17-20,26,30H,4,7-8,15-16,21-23H2,1-2H3,(H,34,38)/t30-/m1/s1. The van der Waals surface area contributed by atoms with Crippen LogP contribution in [0.2, 0.25) is 5.02 Å². The first-order valence-electron chi connectivity index (χ1n) is 14.1. The lowest BCUT2D eigenvalue weighted by atomic mass is 9.94. The van der Waals surface area contributed by atoms with Crippen LogP contribution < -0.4 is 14.4 Å². The average Bonchev–Trinajstić information content (AvgIpc) is 2.98. The van der Waals surface area contributed by atoms with Crippen molar-refractivity contribution in [3.8, 4) is 5.75 Å². The number of carbonyl (C=O) groups excluding carboxylic acids is 2. The third-order valence-corrected chi connectivity index (χ3v) is 8.96. The number of benzene rings is 3. The van der Waals surface area contributed by atoms with Gasteiger partial charge in [0, 0.05) is 19.0 Å². The summed E-state index contributed by atoms with van der Waals surface area (Å²) in [5.74, 6) is -0.173. The first-order chi connectivity index (χ1) is 20.2. The summed E-state index contributed by atoms with van der Waals surface area (Å²) >= 11 is 6.37. The van der Waals surface area contributed by atoms with Crippen molar-refractivity contribution in [2.24, 2.45) is 0 Å². The predicted molar refractivity (Wildman–Crippen MR) is 166 cm³/mol. The number of anilines is 1. The second kappa shape index (κ2) is 14.6. The topological polar surface area (TPSA) is 96.0 Å². The molecule has 42 heavy (non-hydrogen) atoms. The molecule has 8 nitrogen and oxygen atoms in total. The van der Waals surface area contributed by atoms with Crippen LogP contribution >= 0.6 is 11.6 Å². The molecule has 0 heterocycles. The van der Waals surface area contributed by atoms with Crippen LogP contribution in [-0.2, 0) is 32.6 Å². The fourth-order valence-electron chi connectivity index (χ4n) is 5.31. The van der Waals surface area contributed by atoms with E-state index in [1.807, 2.05) is 42.5 Å². The van der Waals surface area contributed by atoms with Gasteiger partial charge in [-0.1, -0.05) is 85.5 Å². The highest BCUT2D eigenvalue weighted by Crippen LogP contribution is 2.28. The van der Waals surface area contributed by atoms with Gasteiger partial charge >= 0.3 is 0 Å². The number of halogens is 1. The second-order valence-electron chi connectivity index (χ2n) is 10.6. The molecule has 0 radical (unpaired) electrons. The molecular formula is C32H38ClN3O5S. The minimum absolute atomic E-state index is 0.0361. The first-order valence-corrected chi connectivity index (χ1v) is 16.4. The van der Waals surface area contributed by atoms with Crippen LogP contribution in [0.4, 0.5) is 5.69 Å². The van der Waals surface area contributed by atoms with Crippen molar-refractivity contribution in [1.29, 1.82) is 0 Å². The zero-order chi connectivity index (χ0) is 30.1. The number of hydrogen-bond donors (Lipinski definition) is 1. The molecule has 1 aliphatic rings. The van der Waals surface area contributed by atoms with Crippen LogP contribution in [0.5, 0.6) is 5.75 Å². The summed E-state index contributed by atoms with van der Waals surface area (Å²) in [5.41, 5.74) is 1.83. The SMILES string of the molecule is COc1cccc(CN(C(=O)CN(c2ccccc2Cl)S(C)(=O)=O)[C@H](Cc2ccccc2)C(=O)NC2CCCCC2)c1. The fourth-order valence-corrected chi connectivity index (χ4v) is 6.46. The van der Waals surface area contributed by atoms with Crippen molar-refractivity contribution in [3.63, 3.8) is 0 Å². The average molecular weight is 612 g/mol. The molecule has 1 saturated carbocycles. The molecule has 0 spiro atoms. The van der Waals surface area contributed by atoms with Crippen molar-refractivity contribution in [3.05, 3.63) is 95.0 Å². The third kappa shape index (κ3) is 8.49. The van der Waals surface area contributed by atoms with Gasteiger partial charge in [0.1, 0.15) is 18.3 Å². The van der Waals surface area contributed by atoms with Gasteiger partial charge in [0.2, 0.25) is 21.8 Å². The summed E-state index contributed by atoms with van der Waals surface area (Å²) in [4.78, 5) is 29.7. The molecule has 0 unspecified atom stereocenters. The molecule has 0 saturated heterocycles. The van der Waals surface area contributed by atoms with E-state index in [2.05, 4.69) is 5.32 Å². The van der Waals surface area contributed by atoms with Gasteiger partial charge in [0.25, 0.3) is 0 Å². The Bertz CT molecular complexity index is 1460. The second-order valence-corrected chi connectivity index (χ2v) is 13.0. The smallest absolute Gasteiger partial charge is 0.244 e. The zero-order valence-electron chi connectivity index (χ0n) is 24.0. The maximum absolute atomic E-state index is 14.2. The van der Waals surface area contributed by atoms with E-state index in [0.29, 0.717) is 5.75 Å². The van der Waals surface area contributed by atoms with Gasteiger partial charge in [-0.2, -0.15) is 0 Å². The number of nitrogens with zero attached hydrogens (tertiary/aromatic N) is 2. The lowest BCUT2D eigenvalue weighted by Crippen LogP contribution is -2.55. The molecule has 1 aliphatic carbocycles. The Morgan fingerprint density at radius 3 is 2.29 bits per heavy atom. The number of methoxy groups -OCH3 is 1. The maximum Gasteiger partial charge on any atom is 0.244 e. The minimum Gasteiger partial charge on any atom is -0.497 e. The normalized spacial score (nSPS) is 14.5. The van der Waals surface area contributed by atoms with Crippen LogP contribution in [0.3, 0.4) is 0 Å². The summed E-state index contributed by atoms with van der Waals surface area (Å²) in [6.07, 6.45) is 6.31. The number of hydrogen-bond acceptors (Lipinski definition) is 5. The van der Waals surface area contributed by atoms with Gasteiger partial charge in [0.05, 0.1) is 24.1 Å². The minimum atomic E-state index is -3.90. The molecule has 2 amide bonds. The lowest BCUT2D eigenvalue weighted by Gasteiger charge is -2.35. The molecule has 1 N–H and O–H groups in total. The number of para-hydroxylation sites is 1. The van der Waals surface area contributed by atoms with Gasteiger partial charge in [0.15, 0.2) is 0 Å². The van der Waals surface area contributed by atoms with E-state index in [0.717, 1.165) is 53.8 Å². The molecule has 4 rings (SSSR count). The molecular weight excluding hydrogens is 574 g/mol. The Hall–Kier alpha value is -3.56. The Morgan fingerprint density at radius 2 is 1.62 bits per heavy atom. The van der Waals surface area contributed by atoms with Crippen LogP contribution in [0.1, 0.15) is 43.2 Å². The van der Waals surface area contributed by atoms with Crippen molar-refractivity contribution in [2.75, 3.05) is 24.2 Å². The van der Waals surface area contributed by atoms with Crippen molar-refractivity contribution in [2.45, 2.75) is 57.2 Å².